The fraction of sp³-hybridized carbons (Fsp3) is 0.400. The van der Waals surface area contributed by atoms with Crippen LogP contribution in [0.3, 0.4) is 0 Å². The van der Waals surface area contributed by atoms with E-state index in [4.69, 9.17) is 5.73 Å². The highest BCUT2D eigenvalue weighted by Crippen LogP contribution is 2.31. The number of hydrogen-bond acceptors (Lipinski definition) is 4. The number of hydrogen-bond donors (Lipinski definition) is 2. The molecule has 0 aliphatic carbocycles. The predicted octanol–water partition coefficient (Wildman–Crippen LogP) is 2.38. The summed E-state index contributed by atoms with van der Waals surface area (Å²) in [4.78, 5) is 5.59. The molecule has 0 aliphatic rings. The SMILES string of the molecule is CCCc1nc(-c2cc(C)sc2N)n[nH]1. The summed E-state index contributed by atoms with van der Waals surface area (Å²) in [5, 5.41) is 7.89. The molecule has 0 fully saturated rings. The predicted molar refractivity (Wildman–Crippen MR) is 62.8 cm³/mol. The summed E-state index contributed by atoms with van der Waals surface area (Å²) in [6, 6.07) is 2.03. The zero-order valence-electron chi connectivity index (χ0n) is 8.87. The van der Waals surface area contributed by atoms with Crippen molar-refractivity contribution in [3.05, 3.63) is 16.8 Å². The summed E-state index contributed by atoms with van der Waals surface area (Å²) < 4.78 is 0. The number of anilines is 1. The number of aryl methyl sites for hydroxylation is 2. The van der Waals surface area contributed by atoms with E-state index in [0.29, 0.717) is 5.82 Å². The van der Waals surface area contributed by atoms with Gasteiger partial charge in [-0.3, -0.25) is 5.10 Å². The molecule has 2 aromatic heterocycles. The van der Waals surface area contributed by atoms with Gasteiger partial charge in [0.25, 0.3) is 0 Å². The van der Waals surface area contributed by atoms with Gasteiger partial charge in [0.05, 0.1) is 10.6 Å². The number of rotatable bonds is 3. The lowest BCUT2D eigenvalue weighted by Crippen LogP contribution is -1.86. The molecular formula is C10H14N4S. The van der Waals surface area contributed by atoms with Crippen LogP contribution >= 0.6 is 11.3 Å². The molecule has 0 unspecified atom stereocenters. The first-order valence-corrected chi connectivity index (χ1v) is 5.80. The maximum atomic E-state index is 5.88. The van der Waals surface area contributed by atoms with Gasteiger partial charge in [-0.15, -0.1) is 11.3 Å². The second-order valence-electron chi connectivity index (χ2n) is 3.49. The minimum absolute atomic E-state index is 0.709. The fourth-order valence-corrected chi connectivity index (χ4v) is 2.26. The molecule has 2 aromatic rings. The summed E-state index contributed by atoms with van der Waals surface area (Å²) in [6.45, 7) is 4.15. The van der Waals surface area contributed by atoms with Gasteiger partial charge in [-0.2, -0.15) is 5.10 Å². The third-order valence-electron chi connectivity index (χ3n) is 2.14. The third kappa shape index (κ3) is 2.02. The van der Waals surface area contributed by atoms with Crippen LogP contribution in [-0.2, 0) is 6.42 Å². The highest BCUT2D eigenvalue weighted by molar-refractivity contribution is 7.16. The van der Waals surface area contributed by atoms with Crippen molar-refractivity contribution >= 4 is 16.3 Å². The zero-order chi connectivity index (χ0) is 10.8. The average Bonchev–Trinajstić information content (AvgIpc) is 2.73. The van der Waals surface area contributed by atoms with Crippen LogP contribution in [0.4, 0.5) is 5.00 Å². The first-order valence-electron chi connectivity index (χ1n) is 4.98. The normalized spacial score (nSPS) is 10.8. The Morgan fingerprint density at radius 2 is 2.33 bits per heavy atom. The molecule has 0 spiro atoms. The second-order valence-corrected chi connectivity index (χ2v) is 4.78. The van der Waals surface area contributed by atoms with Gasteiger partial charge in [0, 0.05) is 11.3 Å². The Kier molecular flexibility index (Phi) is 2.73. The van der Waals surface area contributed by atoms with Gasteiger partial charge >= 0.3 is 0 Å². The molecule has 2 heterocycles. The number of aromatic nitrogens is 3. The lowest BCUT2D eigenvalue weighted by molar-refractivity contribution is 0.841. The van der Waals surface area contributed by atoms with Crippen LogP contribution in [0.15, 0.2) is 6.07 Å². The molecule has 0 atom stereocenters. The van der Waals surface area contributed by atoms with Gasteiger partial charge in [0.1, 0.15) is 5.82 Å². The van der Waals surface area contributed by atoms with E-state index in [1.165, 1.54) is 4.88 Å². The van der Waals surface area contributed by atoms with Crippen molar-refractivity contribution in [2.45, 2.75) is 26.7 Å². The van der Waals surface area contributed by atoms with Crippen molar-refractivity contribution in [3.63, 3.8) is 0 Å². The molecule has 80 valence electrons. The quantitative estimate of drug-likeness (QED) is 0.837. The largest absolute Gasteiger partial charge is 0.390 e. The van der Waals surface area contributed by atoms with Crippen LogP contribution in [0.2, 0.25) is 0 Å². The Morgan fingerprint density at radius 3 is 2.93 bits per heavy atom. The number of nitrogens with two attached hydrogens (primary N) is 1. The lowest BCUT2D eigenvalue weighted by Gasteiger charge is -1.90. The standard InChI is InChI=1S/C10H14N4S/c1-3-4-8-12-10(14-13-8)7-5-6(2)15-9(7)11/h5H,3-4,11H2,1-2H3,(H,12,13,14). The number of H-pyrrole nitrogens is 1. The minimum atomic E-state index is 0.709. The van der Waals surface area contributed by atoms with E-state index in [0.717, 1.165) is 29.2 Å². The zero-order valence-corrected chi connectivity index (χ0v) is 9.69. The number of nitrogens with one attached hydrogen (secondary N) is 1. The summed E-state index contributed by atoms with van der Waals surface area (Å²) in [5.41, 5.74) is 6.82. The monoisotopic (exact) mass is 222 g/mol. The first kappa shape index (κ1) is 10.2. The van der Waals surface area contributed by atoms with E-state index in [1.54, 1.807) is 11.3 Å². The van der Waals surface area contributed by atoms with E-state index < -0.39 is 0 Å². The molecule has 3 N–H and O–H groups in total. The maximum Gasteiger partial charge on any atom is 0.184 e. The first-order chi connectivity index (χ1) is 7.20. The van der Waals surface area contributed by atoms with E-state index in [2.05, 4.69) is 22.1 Å². The smallest absolute Gasteiger partial charge is 0.184 e. The van der Waals surface area contributed by atoms with Crippen LogP contribution in [0, 0.1) is 6.92 Å². The highest BCUT2D eigenvalue weighted by Gasteiger charge is 2.11. The Bertz CT molecular complexity index is 458. The van der Waals surface area contributed by atoms with Crippen LogP contribution in [0.5, 0.6) is 0 Å². The van der Waals surface area contributed by atoms with E-state index in [-0.39, 0.29) is 0 Å². The van der Waals surface area contributed by atoms with Gasteiger partial charge in [0.2, 0.25) is 0 Å². The maximum absolute atomic E-state index is 5.88. The summed E-state index contributed by atoms with van der Waals surface area (Å²) >= 11 is 1.57. The molecule has 15 heavy (non-hydrogen) atoms. The van der Waals surface area contributed by atoms with Gasteiger partial charge < -0.3 is 5.73 Å². The van der Waals surface area contributed by atoms with Gasteiger partial charge in [0.15, 0.2) is 5.82 Å². The van der Waals surface area contributed by atoms with Crippen molar-refractivity contribution < 1.29 is 0 Å². The average molecular weight is 222 g/mol. The number of aromatic amines is 1. The van der Waals surface area contributed by atoms with E-state index in [9.17, 15) is 0 Å². The van der Waals surface area contributed by atoms with Crippen molar-refractivity contribution in [2.75, 3.05) is 5.73 Å². The van der Waals surface area contributed by atoms with E-state index >= 15 is 0 Å². The van der Waals surface area contributed by atoms with Crippen molar-refractivity contribution in [1.29, 1.82) is 0 Å². The number of nitrogens with zero attached hydrogens (tertiary/aromatic N) is 2. The summed E-state index contributed by atoms with van der Waals surface area (Å²) in [7, 11) is 0. The van der Waals surface area contributed by atoms with Gasteiger partial charge in [-0.25, -0.2) is 4.98 Å². The molecule has 0 saturated heterocycles. The molecule has 0 aliphatic heterocycles. The number of nitrogen functional groups attached to an aromatic ring is 1. The number of thiophene rings is 1. The van der Waals surface area contributed by atoms with Crippen molar-refractivity contribution in [3.8, 4) is 11.4 Å². The van der Waals surface area contributed by atoms with Gasteiger partial charge in [-0.05, 0) is 19.4 Å². The van der Waals surface area contributed by atoms with Crippen molar-refractivity contribution in [1.82, 2.24) is 15.2 Å². The minimum Gasteiger partial charge on any atom is -0.390 e. The molecule has 0 saturated carbocycles. The molecule has 0 bridgehead atoms. The topological polar surface area (TPSA) is 67.6 Å². The Labute approximate surface area is 92.5 Å². The lowest BCUT2D eigenvalue weighted by atomic mass is 10.3. The Hall–Kier alpha value is -1.36. The van der Waals surface area contributed by atoms with E-state index in [1.807, 2.05) is 13.0 Å². The molecule has 2 rings (SSSR count). The molecular weight excluding hydrogens is 208 g/mol. The highest BCUT2D eigenvalue weighted by atomic mass is 32.1. The third-order valence-corrected chi connectivity index (χ3v) is 3.02. The Morgan fingerprint density at radius 1 is 1.53 bits per heavy atom. The summed E-state index contributed by atoms with van der Waals surface area (Å²) in [5.74, 6) is 1.64. The van der Waals surface area contributed by atoms with Crippen LogP contribution in [-0.4, -0.2) is 15.2 Å². The Balaban J connectivity index is 2.32. The van der Waals surface area contributed by atoms with Crippen LogP contribution in [0.25, 0.3) is 11.4 Å². The van der Waals surface area contributed by atoms with Crippen LogP contribution < -0.4 is 5.73 Å². The molecule has 0 amide bonds. The van der Waals surface area contributed by atoms with Crippen LogP contribution in [0.1, 0.15) is 24.0 Å². The summed E-state index contributed by atoms with van der Waals surface area (Å²) in [6.07, 6.45) is 1.99. The molecule has 4 nitrogen and oxygen atoms in total. The van der Waals surface area contributed by atoms with Gasteiger partial charge in [-0.1, -0.05) is 6.92 Å². The molecule has 0 radical (unpaired) electrons. The van der Waals surface area contributed by atoms with Crippen molar-refractivity contribution in [2.24, 2.45) is 0 Å². The molecule has 0 aromatic carbocycles. The fourth-order valence-electron chi connectivity index (χ4n) is 1.47. The molecule has 5 heteroatoms. The second kappa shape index (κ2) is 4.02.